The average Bonchev–Trinajstić information content (AvgIpc) is 2.49. The lowest BCUT2D eigenvalue weighted by Gasteiger charge is -2.23. The molecule has 1 saturated carbocycles. The number of fused-ring (bicyclic) bond motifs is 1. The standard InChI is InChI=1S/C18H18O3/c1-12(19)13-10-11-17(15-7-3-2-6-14(13)15)21-18-9-5-4-8-16(18)20/h2-3,6-7,10-11,18H,4-5,8-9H2,1H3. The highest BCUT2D eigenvalue weighted by molar-refractivity contribution is 6.08. The van der Waals surface area contributed by atoms with Crippen LogP contribution < -0.4 is 4.74 Å². The largest absolute Gasteiger partial charge is 0.482 e. The summed E-state index contributed by atoms with van der Waals surface area (Å²) in [6.07, 6.45) is 3.03. The van der Waals surface area contributed by atoms with E-state index in [-0.39, 0.29) is 17.7 Å². The highest BCUT2D eigenvalue weighted by atomic mass is 16.5. The summed E-state index contributed by atoms with van der Waals surface area (Å²) in [5, 5.41) is 1.77. The minimum Gasteiger partial charge on any atom is -0.482 e. The Morgan fingerprint density at radius 3 is 2.57 bits per heavy atom. The minimum absolute atomic E-state index is 0.0338. The Kier molecular flexibility index (Phi) is 3.74. The van der Waals surface area contributed by atoms with Crippen molar-refractivity contribution >= 4 is 22.3 Å². The first-order valence-corrected chi connectivity index (χ1v) is 7.39. The predicted octanol–water partition coefficient (Wildman–Crippen LogP) is 3.93. The van der Waals surface area contributed by atoms with Crippen LogP contribution in [-0.4, -0.2) is 17.7 Å². The van der Waals surface area contributed by atoms with Crippen molar-refractivity contribution in [2.45, 2.75) is 38.7 Å². The van der Waals surface area contributed by atoms with Gasteiger partial charge < -0.3 is 4.74 Å². The van der Waals surface area contributed by atoms with Crippen molar-refractivity contribution < 1.29 is 14.3 Å². The number of ether oxygens (including phenoxy) is 1. The molecule has 1 unspecified atom stereocenters. The molecule has 1 atom stereocenters. The van der Waals surface area contributed by atoms with Gasteiger partial charge in [-0.05, 0) is 43.7 Å². The van der Waals surface area contributed by atoms with Gasteiger partial charge in [-0.3, -0.25) is 9.59 Å². The third-order valence-corrected chi connectivity index (χ3v) is 4.03. The van der Waals surface area contributed by atoms with E-state index < -0.39 is 0 Å². The zero-order valence-electron chi connectivity index (χ0n) is 12.1. The van der Waals surface area contributed by atoms with E-state index in [1.165, 1.54) is 0 Å². The predicted molar refractivity (Wildman–Crippen MR) is 81.8 cm³/mol. The number of Topliss-reactive ketones (excluding diaryl/α,β-unsaturated/α-hetero) is 2. The summed E-state index contributed by atoms with van der Waals surface area (Å²) in [5.41, 5.74) is 0.688. The number of benzene rings is 2. The van der Waals surface area contributed by atoms with E-state index in [4.69, 9.17) is 4.74 Å². The van der Waals surface area contributed by atoms with Crippen LogP contribution in [0.3, 0.4) is 0 Å². The molecule has 0 saturated heterocycles. The highest BCUT2D eigenvalue weighted by Gasteiger charge is 2.24. The fourth-order valence-electron chi connectivity index (χ4n) is 2.91. The molecular formula is C18H18O3. The lowest BCUT2D eigenvalue weighted by molar-refractivity contribution is -0.127. The first-order valence-electron chi connectivity index (χ1n) is 7.39. The summed E-state index contributed by atoms with van der Waals surface area (Å²) in [6, 6.07) is 11.3. The Bertz CT molecular complexity index is 703. The SMILES string of the molecule is CC(=O)c1ccc(OC2CCCCC2=O)c2ccccc12. The third-order valence-electron chi connectivity index (χ3n) is 4.03. The summed E-state index contributed by atoms with van der Waals surface area (Å²) < 4.78 is 5.95. The van der Waals surface area contributed by atoms with Gasteiger partial charge in [-0.1, -0.05) is 24.3 Å². The van der Waals surface area contributed by atoms with Crippen LogP contribution >= 0.6 is 0 Å². The molecule has 0 aromatic heterocycles. The summed E-state index contributed by atoms with van der Waals surface area (Å²) >= 11 is 0. The van der Waals surface area contributed by atoms with E-state index in [2.05, 4.69) is 0 Å². The molecular weight excluding hydrogens is 264 g/mol. The first-order chi connectivity index (χ1) is 10.2. The van der Waals surface area contributed by atoms with Crippen LogP contribution in [0.2, 0.25) is 0 Å². The highest BCUT2D eigenvalue weighted by Crippen LogP contribution is 2.31. The summed E-state index contributed by atoms with van der Waals surface area (Å²) in [6.45, 7) is 1.56. The molecule has 0 bridgehead atoms. The molecule has 1 fully saturated rings. The number of ketones is 2. The number of hydrogen-bond acceptors (Lipinski definition) is 3. The van der Waals surface area contributed by atoms with Crippen molar-refractivity contribution in [3.63, 3.8) is 0 Å². The van der Waals surface area contributed by atoms with Gasteiger partial charge in [-0.2, -0.15) is 0 Å². The van der Waals surface area contributed by atoms with Gasteiger partial charge in [-0.15, -0.1) is 0 Å². The second-order valence-corrected chi connectivity index (χ2v) is 5.53. The van der Waals surface area contributed by atoms with Crippen LogP contribution in [-0.2, 0) is 4.79 Å². The molecule has 0 spiro atoms. The normalized spacial score (nSPS) is 18.7. The Morgan fingerprint density at radius 2 is 1.86 bits per heavy atom. The molecule has 3 nitrogen and oxygen atoms in total. The smallest absolute Gasteiger partial charge is 0.173 e. The molecule has 2 aromatic carbocycles. The van der Waals surface area contributed by atoms with Crippen LogP contribution in [0, 0.1) is 0 Å². The second kappa shape index (κ2) is 5.68. The lowest BCUT2D eigenvalue weighted by atomic mass is 9.96. The Balaban J connectivity index is 2.01. The maximum Gasteiger partial charge on any atom is 0.173 e. The monoisotopic (exact) mass is 282 g/mol. The molecule has 2 aromatic rings. The third kappa shape index (κ3) is 2.68. The van der Waals surface area contributed by atoms with Crippen molar-refractivity contribution in [3.8, 4) is 5.75 Å². The van der Waals surface area contributed by atoms with Gasteiger partial charge in [-0.25, -0.2) is 0 Å². The number of hydrogen-bond donors (Lipinski definition) is 0. The van der Waals surface area contributed by atoms with Crippen molar-refractivity contribution in [1.29, 1.82) is 0 Å². The first kappa shape index (κ1) is 13.8. The Morgan fingerprint density at radius 1 is 1.10 bits per heavy atom. The van der Waals surface area contributed by atoms with Gasteiger partial charge in [0.05, 0.1) is 0 Å². The zero-order chi connectivity index (χ0) is 14.8. The molecule has 0 amide bonds. The van der Waals surface area contributed by atoms with Gasteiger partial charge in [0, 0.05) is 17.4 Å². The van der Waals surface area contributed by atoms with Crippen LogP contribution in [0.1, 0.15) is 43.0 Å². The maximum absolute atomic E-state index is 11.9. The van der Waals surface area contributed by atoms with Crippen LogP contribution in [0.15, 0.2) is 36.4 Å². The lowest BCUT2D eigenvalue weighted by Crippen LogP contribution is -2.30. The van der Waals surface area contributed by atoms with Crippen LogP contribution in [0.4, 0.5) is 0 Å². The molecule has 21 heavy (non-hydrogen) atoms. The van der Waals surface area contributed by atoms with Crippen molar-refractivity contribution in [2.75, 3.05) is 0 Å². The van der Waals surface area contributed by atoms with Crippen LogP contribution in [0.5, 0.6) is 5.75 Å². The molecule has 0 N–H and O–H groups in total. The fraction of sp³-hybridized carbons (Fsp3) is 0.333. The molecule has 0 aliphatic heterocycles. The van der Waals surface area contributed by atoms with E-state index in [0.29, 0.717) is 17.7 Å². The molecule has 108 valence electrons. The molecule has 1 aliphatic carbocycles. The Hall–Kier alpha value is -2.16. The van der Waals surface area contributed by atoms with Gasteiger partial charge in [0.1, 0.15) is 5.75 Å². The molecule has 0 radical (unpaired) electrons. The maximum atomic E-state index is 11.9. The minimum atomic E-state index is -0.342. The topological polar surface area (TPSA) is 43.4 Å². The number of carbonyl (C=O) groups is 2. The van der Waals surface area contributed by atoms with Gasteiger partial charge >= 0.3 is 0 Å². The molecule has 0 heterocycles. The van der Waals surface area contributed by atoms with Crippen molar-refractivity contribution in [3.05, 3.63) is 42.0 Å². The fourth-order valence-corrected chi connectivity index (χ4v) is 2.91. The van der Waals surface area contributed by atoms with Crippen molar-refractivity contribution in [2.24, 2.45) is 0 Å². The van der Waals surface area contributed by atoms with E-state index in [9.17, 15) is 9.59 Å². The molecule has 1 aliphatic rings. The molecule has 3 rings (SSSR count). The van der Waals surface area contributed by atoms with Gasteiger partial charge in [0.2, 0.25) is 0 Å². The van der Waals surface area contributed by atoms with Gasteiger partial charge in [0.15, 0.2) is 17.7 Å². The quantitative estimate of drug-likeness (QED) is 0.801. The van der Waals surface area contributed by atoms with Crippen LogP contribution in [0.25, 0.3) is 10.8 Å². The van der Waals surface area contributed by atoms with E-state index in [1.54, 1.807) is 19.1 Å². The van der Waals surface area contributed by atoms with Gasteiger partial charge in [0.25, 0.3) is 0 Å². The number of carbonyl (C=O) groups excluding carboxylic acids is 2. The van der Waals surface area contributed by atoms with Crippen molar-refractivity contribution in [1.82, 2.24) is 0 Å². The number of rotatable bonds is 3. The molecule has 3 heteroatoms. The second-order valence-electron chi connectivity index (χ2n) is 5.53. The summed E-state index contributed by atoms with van der Waals surface area (Å²) in [4.78, 5) is 23.6. The average molecular weight is 282 g/mol. The Labute approximate surface area is 123 Å². The van der Waals surface area contributed by atoms with E-state index >= 15 is 0 Å². The van der Waals surface area contributed by atoms with E-state index in [0.717, 1.165) is 30.0 Å². The summed E-state index contributed by atoms with van der Waals surface area (Å²) in [7, 11) is 0. The zero-order valence-corrected chi connectivity index (χ0v) is 12.1. The van der Waals surface area contributed by atoms with E-state index in [1.807, 2.05) is 24.3 Å². The summed E-state index contributed by atoms with van der Waals surface area (Å²) in [5.74, 6) is 0.906.